The van der Waals surface area contributed by atoms with Crippen LogP contribution in [0.15, 0.2) is 24.4 Å². The maximum atomic E-state index is 14.2. The summed E-state index contributed by atoms with van der Waals surface area (Å²) in [5.74, 6) is -5.42. The predicted molar refractivity (Wildman–Crippen MR) is 145 cm³/mol. The monoisotopic (exact) mass is 578 g/mol. The second kappa shape index (κ2) is 10.3. The van der Waals surface area contributed by atoms with E-state index in [2.05, 4.69) is 20.6 Å². The van der Waals surface area contributed by atoms with Gasteiger partial charge in [0.25, 0.3) is 5.91 Å². The minimum absolute atomic E-state index is 0.141. The number of hydrogen-bond donors (Lipinski definition) is 2. The maximum absolute atomic E-state index is 14.2. The fourth-order valence-corrected chi connectivity index (χ4v) is 5.90. The quantitative estimate of drug-likeness (QED) is 0.458. The first-order valence-corrected chi connectivity index (χ1v) is 13.6. The Morgan fingerprint density at radius 2 is 1.80 bits per heavy atom. The van der Waals surface area contributed by atoms with Gasteiger partial charge in [0.15, 0.2) is 5.82 Å². The van der Waals surface area contributed by atoms with Gasteiger partial charge in [-0.3, -0.25) is 9.59 Å². The van der Waals surface area contributed by atoms with Crippen molar-refractivity contribution in [2.75, 3.05) is 35.8 Å². The Labute approximate surface area is 235 Å². The summed E-state index contributed by atoms with van der Waals surface area (Å²) in [6, 6.07) is 3.48. The van der Waals surface area contributed by atoms with Gasteiger partial charge in [-0.25, -0.2) is 22.5 Å². The van der Waals surface area contributed by atoms with Crippen LogP contribution in [0, 0.1) is 5.41 Å². The zero-order chi connectivity index (χ0) is 29.7. The van der Waals surface area contributed by atoms with Gasteiger partial charge in [-0.15, -0.1) is 0 Å². The van der Waals surface area contributed by atoms with Gasteiger partial charge in [0, 0.05) is 56.9 Å². The first-order chi connectivity index (χ1) is 19.2. The molecule has 2 unspecified atom stereocenters. The number of halogens is 4. The van der Waals surface area contributed by atoms with Crippen LogP contribution in [0.1, 0.15) is 62.7 Å². The van der Waals surface area contributed by atoms with Crippen molar-refractivity contribution in [1.82, 2.24) is 15.3 Å². The molecule has 0 bridgehead atoms. The summed E-state index contributed by atoms with van der Waals surface area (Å²) in [6.07, 6.45) is 0.746. The summed E-state index contributed by atoms with van der Waals surface area (Å²) in [5.41, 5.74) is 0.224. The number of fused-ring (bicyclic) bond motifs is 1. The summed E-state index contributed by atoms with van der Waals surface area (Å²) < 4.78 is 61.0. The molecular weight excluding hydrogens is 544 g/mol. The van der Waals surface area contributed by atoms with Crippen LogP contribution in [0.5, 0.6) is 5.75 Å². The van der Waals surface area contributed by atoms with E-state index in [4.69, 9.17) is 4.74 Å². The minimum atomic E-state index is -2.79. The Bertz CT molecular complexity index is 1350. The number of nitrogens with one attached hydrogen (secondary N) is 2. The Morgan fingerprint density at radius 3 is 2.44 bits per heavy atom. The fraction of sp³-hybridized carbons (Fsp3) is 0.571. The van der Waals surface area contributed by atoms with E-state index in [1.165, 1.54) is 30.3 Å². The van der Waals surface area contributed by atoms with Crippen LogP contribution in [0.3, 0.4) is 0 Å². The Kier molecular flexibility index (Phi) is 7.27. The lowest BCUT2D eigenvalue weighted by atomic mass is 9.91. The first kappa shape index (κ1) is 28.9. The van der Waals surface area contributed by atoms with E-state index in [0.717, 1.165) is 0 Å². The zero-order valence-corrected chi connectivity index (χ0v) is 23.4. The number of carbonyl (C=O) groups is 2. The van der Waals surface area contributed by atoms with Gasteiger partial charge >= 0.3 is 0 Å². The summed E-state index contributed by atoms with van der Waals surface area (Å²) in [7, 11) is 3.04. The van der Waals surface area contributed by atoms with Crippen molar-refractivity contribution >= 4 is 35.0 Å². The van der Waals surface area contributed by atoms with Crippen LogP contribution in [-0.2, 0) is 4.79 Å². The number of ether oxygens (including phenoxy) is 1. The molecule has 0 radical (unpaired) electrons. The molecule has 2 amide bonds. The molecule has 2 aromatic rings. The van der Waals surface area contributed by atoms with Crippen molar-refractivity contribution in [3.05, 3.63) is 30.0 Å². The lowest BCUT2D eigenvalue weighted by Crippen LogP contribution is -2.45. The van der Waals surface area contributed by atoms with Gasteiger partial charge in [-0.2, -0.15) is 4.98 Å². The highest BCUT2D eigenvalue weighted by atomic mass is 19.3. The molecule has 41 heavy (non-hydrogen) atoms. The third kappa shape index (κ3) is 5.89. The molecule has 2 heterocycles. The van der Waals surface area contributed by atoms with E-state index in [0.29, 0.717) is 17.2 Å². The topological polar surface area (TPSA) is 99.7 Å². The molecule has 9 nitrogen and oxygen atoms in total. The normalized spacial score (nSPS) is 24.5. The van der Waals surface area contributed by atoms with Crippen molar-refractivity contribution in [3.63, 3.8) is 0 Å². The fourth-order valence-electron chi connectivity index (χ4n) is 5.90. The van der Waals surface area contributed by atoms with Crippen LogP contribution in [0.4, 0.5) is 40.7 Å². The van der Waals surface area contributed by atoms with Crippen molar-refractivity contribution in [2.24, 2.45) is 5.41 Å². The average molecular weight is 579 g/mol. The number of anilines is 4. The number of alkyl halides is 4. The summed E-state index contributed by atoms with van der Waals surface area (Å²) in [6.45, 7) is 3.77. The standard InChI is InChI=1S/C28H34F4N6O3/c1-26(2)15-38(18-8-10-28(31,32)13-18)22-20(37(3)24(26)40)14-33-25(36-22)35-19-6-5-16(11-21(19)41-4)23(39)34-17-7-9-27(29,30)12-17/h5-6,11,14,17-18H,7-10,12-13,15H2,1-4H3,(H,34,39)(H,33,35,36). The predicted octanol–water partition coefficient (Wildman–Crippen LogP) is 5.14. The maximum Gasteiger partial charge on any atom is 0.251 e. The lowest BCUT2D eigenvalue weighted by molar-refractivity contribution is -0.125. The van der Waals surface area contributed by atoms with E-state index >= 15 is 0 Å². The van der Waals surface area contributed by atoms with Crippen LogP contribution < -0.4 is 25.2 Å². The van der Waals surface area contributed by atoms with E-state index in [1.54, 1.807) is 31.9 Å². The molecule has 2 aliphatic carbocycles. The van der Waals surface area contributed by atoms with Crippen LogP contribution in [0.25, 0.3) is 0 Å². The number of aromatic nitrogens is 2. The van der Waals surface area contributed by atoms with Crippen molar-refractivity contribution in [3.8, 4) is 5.75 Å². The highest BCUT2D eigenvalue weighted by Crippen LogP contribution is 2.44. The smallest absolute Gasteiger partial charge is 0.251 e. The molecule has 1 aromatic heterocycles. The Balaban J connectivity index is 1.41. The first-order valence-electron chi connectivity index (χ1n) is 13.6. The minimum Gasteiger partial charge on any atom is -0.495 e. The van der Waals surface area contributed by atoms with Gasteiger partial charge in [0.05, 0.1) is 24.4 Å². The van der Waals surface area contributed by atoms with E-state index in [-0.39, 0.29) is 61.8 Å². The number of carbonyl (C=O) groups excluding carboxylic acids is 2. The van der Waals surface area contributed by atoms with E-state index in [1.807, 2.05) is 0 Å². The Morgan fingerprint density at radius 1 is 1.10 bits per heavy atom. The number of hydrogen-bond acceptors (Lipinski definition) is 7. The Hall–Kier alpha value is -3.64. The van der Waals surface area contributed by atoms with Gasteiger partial charge < -0.3 is 25.2 Å². The molecule has 5 rings (SSSR count). The molecule has 0 saturated heterocycles. The second-order valence-electron chi connectivity index (χ2n) is 11.8. The van der Waals surface area contributed by atoms with Gasteiger partial charge in [0.1, 0.15) is 11.4 Å². The average Bonchev–Trinajstić information content (AvgIpc) is 3.44. The molecule has 2 saturated carbocycles. The van der Waals surface area contributed by atoms with Crippen LogP contribution in [0.2, 0.25) is 0 Å². The third-order valence-corrected chi connectivity index (χ3v) is 8.10. The van der Waals surface area contributed by atoms with Crippen LogP contribution in [-0.4, -0.2) is 66.4 Å². The number of nitrogens with zero attached hydrogens (tertiary/aromatic N) is 4. The zero-order valence-electron chi connectivity index (χ0n) is 23.4. The highest BCUT2D eigenvalue weighted by molar-refractivity contribution is 6.01. The second-order valence-corrected chi connectivity index (χ2v) is 11.8. The summed E-state index contributed by atoms with van der Waals surface area (Å²) >= 11 is 0. The molecule has 13 heteroatoms. The molecule has 1 aromatic carbocycles. The SMILES string of the molecule is COc1cc(C(=O)NC2CCC(F)(F)C2)ccc1Nc1ncc2c(n1)N(C1CCC(F)(F)C1)CC(C)(C)C(=O)N2C. The highest BCUT2D eigenvalue weighted by Gasteiger charge is 2.47. The van der Waals surface area contributed by atoms with E-state index < -0.39 is 41.7 Å². The number of benzene rings is 1. The molecule has 2 atom stereocenters. The number of rotatable bonds is 6. The number of amides is 2. The van der Waals surface area contributed by atoms with Crippen molar-refractivity contribution in [1.29, 1.82) is 0 Å². The summed E-state index contributed by atoms with van der Waals surface area (Å²) in [4.78, 5) is 38.2. The lowest BCUT2D eigenvalue weighted by Gasteiger charge is -2.34. The van der Waals surface area contributed by atoms with E-state index in [9.17, 15) is 27.2 Å². The van der Waals surface area contributed by atoms with Crippen molar-refractivity contribution < 1.29 is 31.9 Å². The molecule has 3 aliphatic rings. The molecule has 2 fully saturated rings. The molecule has 1 aliphatic heterocycles. The van der Waals surface area contributed by atoms with Crippen molar-refractivity contribution in [2.45, 2.75) is 76.3 Å². The van der Waals surface area contributed by atoms with Gasteiger partial charge in [-0.1, -0.05) is 0 Å². The summed E-state index contributed by atoms with van der Waals surface area (Å²) in [5, 5.41) is 5.71. The number of methoxy groups -OCH3 is 1. The molecule has 0 spiro atoms. The molecular formula is C28H34F4N6O3. The third-order valence-electron chi connectivity index (χ3n) is 8.10. The van der Waals surface area contributed by atoms with Gasteiger partial charge in [0.2, 0.25) is 23.7 Å². The largest absolute Gasteiger partial charge is 0.495 e. The van der Waals surface area contributed by atoms with Crippen LogP contribution >= 0.6 is 0 Å². The molecule has 222 valence electrons. The molecule has 2 N–H and O–H groups in total. The van der Waals surface area contributed by atoms with Gasteiger partial charge in [-0.05, 0) is 44.9 Å².